The molecule has 168 valence electrons. The van der Waals surface area contributed by atoms with Gasteiger partial charge in [0.25, 0.3) is 0 Å². The Kier molecular flexibility index (Phi) is 15.6. The number of hydrogen-bond acceptors (Lipinski definition) is 5. The van der Waals surface area contributed by atoms with E-state index in [1.165, 1.54) is 19.3 Å². The molecule has 9 heteroatoms. The Morgan fingerprint density at radius 3 is 2.39 bits per heavy atom. The molecule has 0 radical (unpaired) electrons. The molecule has 0 saturated carbocycles. The lowest BCUT2D eigenvalue weighted by molar-refractivity contribution is -0.870. The number of amides is 1. The highest BCUT2D eigenvalue weighted by molar-refractivity contribution is 7.99. The van der Waals surface area contributed by atoms with Gasteiger partial charge >= 0.3 is 7.82 Å². The van der Waals surface area contributed by atoms with Crippen molar-refractivity contribution in [2.45, 2.75) is 64.8 Å². The van der Waals surface area contributed by atoms with E-state index < -0.39 is 7.82 Å². The average molecular weight is 442 g/mol. The first-order valence-corrected chi connectivity index (χ1v) is 13.0. The summed E-state index contributed by atoms with van der Waals surface area (Å²) in [4.78, 5) is 21.9. The predicted octanol–water partition coefficient (Wildman–Crippen LogP) is 3.81. The van der Waals surface area contributed by atoms with Crippen LogP contribution in [0.25, 0.3) is 0 Å². The SMILES string of the molecule is CCCCCCSC[C@H](COP(=O)(O)OCC[N+](C)(C)C)NC(=O)CCCC. The summed E-state index contributed by atoms with van der Waals surface area (Å²) >= 11 is 1.74. The normalized spacial score (nSPS) is 15.2. The molecular formula is C19H42N2O5PS+. The number of unbranched alkanes of at least 4 members (excludes halogenated alkanes) is 4. The van der Waals surface area contributed by atoms with Crippen molar-refractivity contribution in [2.24, 2.45) is 0 Å². The van der Waals surface area contributed by atoms with Crippen molar-refractivity contribution in [2.75, 3.05) is 52.4 Å². The van der Waals surface area contributed by atoms with Gasteiger partial charge in [-0.3, -0.25) is 13.8 Å². The van der Waals surface area contributed by atoms with Gasteiger partial charge in [-0.2, -0.15) is 11.8 Å². The summed E-state index contributed by atoms with van der Waals surface area (Å²) in [6.45, 7) is 4.92. The van der Waals surface area contributed by atoms with Crippen molar-refractivity contribution in [3.8, 4) is 0 Å². The van der Waals surface area contributed by atoms with Gasteiger partial charge < -0.3 is 14.7 Å². The number of thioether (sulfide) groups is 1. The molecule has 0 saturated heterocycles. The molecule has 1 amide bonds. The summed E-state index contributed by atoms with van der Waals surface area (Å²) < 4.78 is 22.9. The van der Waals surface area contributed by atoms with E-state index in [0.29, 0.717) is 23.2 Å². The lowest BCUT2D eigenvalue weighted by Gasteiger charge is -2.24. The monoisotopic (exact) mass is 441 g/mol. The van der Waals surface area contributed by atoms with Crippen LogP contribution in [0.5, 0.6) is 0 Å². The summed E-state index contributed by atoms with van der Waals surface area (Å²) in [6, 6.07) is -0.303. The summed E-state index contributed by atoms with van der Waals surface area (Å²) in [5.74, 6) is 1.63. The Bertz CT molecular complexity index is 460. The maximum absolute atomic E-state index is 12.1. The molecule has 1 unspecified atom stereocenters. The number of hydrogen-bond donors (Lipinski definition) is 2. The molecule has 0 aromatic carbocycles. The van der Waals surface area contributed by atoms with Crippen LogP contribution in [-0.2, 0) is 18.4 Å². The number of quaternary nitrogens is 1. The number of likely N-dealkylation sites (N-methyl/N-ethyl adjacent to an activating group) is 1. The molecule has 0 fully saturated rings. The summed E-state index contributed by atoms with van der Waals surface area (Å²) in [5, 5.41) is 2.93. The van der Waals surface area contributed by atoms with Crippen molar-refractivity contribution in [3.05, 3.63) is 0 Å². The number of phosphoric ester groups is 1. The molecule has 0 aliphatic rings. The highest BCUT2D eigenvalue weighted by Crippen LogP contribution is 2.43. The third kappa shape index (κ3) is 18.0. The molecule has 0 aromatic heterocycles. The van der Waals surface area contributed by atoms with Crippen LogP contribution < -0.4 is 5.32 Å². The van der Waals surface area contributed by atoms with Gasteiger partial charge in [-0.15, -0.1) is 0 Å². The highest BCUT2D eigenvalue weighted by Gasteiger charge is 2.25. The third-order valence-electron chi connectivity index (χ3n) is 4.04. The zero-order valence-electron chi connectivity index (χ0n) is 18.4. The second-order valence-corrected chi connectivity index (χ2v) is 10.7. The first-order chi connectivity index (χ1) is 13.1. The number of carbonyl (C=O) groups is 1. The van der Waals surface area contributed by atoms with Crippen LogP contribution in [0.1, 0.15) is 58.8 Å². The van der Waals surface area contributed by atoms with Crippen LogP contribution in [0.15, 0.2) is 0 Å². The molecule has 0 heterocycles. The van der Waals surface area contributed by atoms with Gasteiger partial charge in [0.05, 0.1) is 33.8 Å². The molecule has 0 bridgehead atoms. The minimum absolute atomic E-state index is 0.0298. The van der Waals surface area contributed by atoms with Crippen LogP contribution in [-0.4, -0.2) is 73.7 Å². The molecule has 0 aromatic rings. The average Bonchev–Trinajstić information content (AvgIpc) is 2.59. The quantitative estimate of drug-likeness (QED) is 0.191. The van der Waals surface area contributed by atoms with Crippen LogP contribution in [0.3, 0.4) is 0 Å². The van der Waals surface area contributed by atoms with E-state index >= 15 is 0 Å². The van der Waals surface area contributed by atoms with Gasteiger partial charge in [0.15, 0.2) is 0 Å². The molecule has 2 N–H and O–H groups in total. The van der Waals surface area contributed by atoms with E-state index in [1.807, 2.05) is 28.1 Å². The minimum atomic E-state index is -4.12. The Morgan fingerprint density at radius 2 is 1.79 bits per heavy atom. The summed E-state index contributed by atoms with van der Waals surface area (Å²) in [6.07, 6.45) is 7.03. The number of nitrogens with one attached hydrogen (secondary N) is 1. The molecule has 0 aliphatic heterocycles. The van der Waals surface area contributed by atoms with Crippen LogP contribution in [0.4, 0.5) is 0 Å². The van der Waals surface area contributed by atoms with E-state index in [2.05, 4.69) is 12.2 Å². The Morgan fingerprint density at radius 1 is 1.11 bits per heavy atom. The Hall–Kier alpha value is -0.110. The minimum Gasteiger partial charge on any atom is -0.350 e. The van der Waals surface area contributed by atoms with E-state index in [4.69, 9.17) is 9.05 Å². The van der Waals surface area contributed by atoms with Crippen molar-refractivity contribution >= 4 is 25.5 Å². The van der Waals surface area contributed by atoms with Crippen LogP contribution in [0, 0.1) is 0 Å². The van der Waals surface area contributed by atoms with E-state index in [-0.39, 0.29) is 25.2 Å². The van der Waals surface area contributed by atoms with Crippen molar-refractivity contribution in [1.29, 1.82) is 0 Å². The fraction of sp³-hybridized carbons (Fsp3) is 0.947. The molecule has 0 rings (SSSR count). The number of phosphoric acid groups is 1. The maximum Gasteiger partial charge on any atom is 0.472 e. The van der Waals surface area contributed by atoms with Gasteiger partial charge in [0, 0.05) is 12.2 Å². The highest BCUT2D eigenvalue weighted by atomic mass is 32.2. The van der Waals surface area contributed by atoms with E-state index in [1.54, 1.807) is 11.8 Å². The maximum atomic E-state index is 12.1. The second kappa shape index (κ2) is 15.7. The van der Waals surface area contributed by atoms with Gasteiger partial charge in [-0.1, -0.05) is 39.5 Å². The summed E-state index contributed by atoms with van der Waals surface area (Å²) in [7, 11) is 1.81. The standard InChI is InChI=1S/C19H41N2O5PS/c1-6-8-10-11-15-28-17-18(20-19(22)12-9-7-2)16-26-27(23,24)25-14-13-21(3,4)5/h18H,6-17H2,1-5H3,(H-,20,22,23,24)/p+1/t18-/m0/s1. The van der Waals surface area contributed by atoms with Gasteiger partial charge in [0.2, 0.25) is 5.91 Å². The largest absolute Gasteiger partial charge is 0.472 e. The van der Waals surface area contributed by atoms with Crippen LogP contribution >= 0.6 is 19.6 Å². The molecule has 2 atom stereocenters. The lowest BCUT2D eigenvalue weighted by atomic mass is 10.2. The first kappa shape index (κ1) is 27.9. The zero-order valence-corrected chi connectivity index (χ0v) is 20.2. The molecule has 28 heavy (non-hydrogen) atoms. The smallest absolute Gasteiger partial charge is 0.350 e. The topological polar surface area (TPSA) is 84.9 Å². The molecule has 0 spiro atoms. The van der Waals surface area contributed by atoms with E-state index in [0.717, 1.165) is 25.0 Å². The molecule has 7 nitrogen and oxygen atoms in total. The van der Waals surface area contributed by atoms with Crippen molar-refractivity contribution in [1.82, 2.24) is 5.32 Å². The summed E-state index contributed by atoms with van der Waals surface area (Å²) in [5.41, 5.74) is 0. The number of carbonyl (C=O) groups excluding carboxylic acids is 1. The second-order valence-electron chi connectivity index (χ2n) is 8.12. The Labute approximate surface area is 176 Å². The number of rotatable bonds is 18. The van der Waals surface area contributed by atoms with Crippen LogP contribution in [0.2, 0.25) is 0 Å². The fourth-order valence-corrected chi connectivity index (χ4v) is 4.07. The predicted molar refractivity (Wildman–Crippen MR) is 118 cm³/mol. The van der Waals surface area contributed by atoms with Gasteiger partial charge in [-0.05, 0) is 18.6 Å². The molecular weight excluding hydrogens is 399 g/mol. The molecule has 0 aliphatic carbocycles. The lowest BCUT2D eigenvalue weighted by Crippen LogP contribution is -2.40. The van der Waals surface area contributed by atoms with Gasteiger partial charge in [-0.25, -0.2) is 4.57 Å². The first-order valence-electron chi connectivity index (χ1n) is 10.4. The van der Waals surface area contributed by atoms with Crippen molar-refractivity contribution in [3.63, 3.8) is 0 Å². The van der Waals surface area contributed by atoms with Crippen molar-refractivity contribution < 1.29 is 27.8 Å². The van der Waals surface area contributed by atoms with E-state index in [9.17, 15) is 14.3 Å². The Balaban J connectivity index is 4.42. The zero-order chi connectivity index (χ0) is 21.5. The number of nitrogens with zero attached hydrogens (tertiary/aromatic N) is 1. The van der Waals surface area contributed by atoms with Gasteiger partial charge in [0.1, 0.15) is 13.2 Å². The fourth-order valence-electron chi connectivity index (χ4n) is 2.28. The third-order valence-corrected chi connectivity index (χ3v) is 6.24.